The number of nitrogens with zero attached hydrogens (tertiary/aromatic N) is 4. The molecule has 1 unspecified atom stereocenters. The minimum Gasteiger partial charge on any atom is -0.459 e. The molecule has 1 atom stereocenters. The Morgan fingerprint density at radius 1 is 1.24 bits per heavy atom. The third-order valence-electron chi connectivity index (χ3n) is 6.37. The smallest absolute Gasteiger partial charge is 0.372 e. The van der Waals surface area contributed by atoms with E-state index in [2.05, 4.69) is 26.7 Å². The SMILES string of the molecule is CC1(C)C(=O)Nc2cc(NC3=N[N+]4(C5=COC=C(C6=CC=CCC6)O5)C=CN=CC4=N3)ccc21. The van der Waals surface area contributed by atoms with Crippen LogP contribution in [-0.2, 0) is 19.7 Å². The Hall–Kier alpha value is -4.24. The van der Waals surface area contributed by atoms with E-state index in [1.165, 1.54) is 6.26 Å². The molecule has 1 aromatic carbocycles. The van der Waals surface area contributed by atoms with Gasteiger partial charge >= 0.3 is 5.88 Å². The van der Waals surface area contributed by atoms with Crippen molar-refractivity contribution in [2.45, 2.75) is 32.1 Å². The summed E-state index contributed by atoms with van der Waals surface area (Å²) in [6.07, 6.45) is 16.2. The van der Waals surface area contributed by atoms with Crippen molar-refractivity contribution in [3.63, 3.8) is 0 Å². The van der Waals surface area contributed by atoms with Gasteiger partial charge in [-0.3, -0.25) is 9.79 Å². The standard InChI is InChI=1S/C25H22N6O3/c1-25(2)18-9-8-17(12-19(18)28-23(25)32)27-24-29-21-13-26-10-11-31(21,30-24)22-15-33-14-20(34-22)16-6-4-3-5-7-16/h3-4,6,8-15H,5,7H2,1-2H3,(H-,27,28,30,32)/p+1. The number of rotatable bonds is 3. The van der Waals surface area contributed by atoms with Crippen molar-refractivity contribution >= 4 is 35.3 Å². The molecule has 0 radical (unpaired) electrons. The molecule has 0 saturated carbocycles. The minimum absolute atomic E-state index is 0.0186. The predicted molar refractivity (Wildman–Crippen MR) is 129 cm³/mol. The lowest BCUT2D eigenvalue weighted by Gasteiger charge is -2.27. The maximum atomic E-state index is 12.3. The van der Waals surface area contributed by atoms with Gasteiger partial charge in [-0.15, -0.1) is 0 Å². The van der Waals surface area contributed by atoms with Crippen molar-refractivity contribution in [2.75, 3.05) is 10.6 Å². The lowest BCUT2D eigenvalue weighted by Crippen LogP contribution is -2.43. The van der Waals surface area contributed by atoms with Gasteiger partial charge in [-0.1, -0.05) is 28.9 Å². The Kier molecular flexibility index (Phi) is 4.43. The van der Waals surface area contributed by atoms with Gasteiger partial charge in [-0.05, 0) is 55.1 Å². The second kappa shape index (κ2) is 7.39. The molecule has 1 aromatic rings. The monoisotopic (exact) mass is 455 g/mol. The molecule has 0 saturated heterocycles. The third-order valence-corrected chi connectivity index (χ3v) is 6.37. The molecule has 0 bridgehead atoms. The summed E-state index contributed by atoms with van der Waals surface area (Å²) in [4.78, 5) is 21.2. The molecular weight excluding hydrogens is 432 g/mol. The summed E-state index contributed by atoms with van der Waals surface area (Å²) in [5.41, 5.74) is 3.00. The Morgan fingerprint density at radius 3 is 3.00 bits per heavy atom. The average molecular weight is 455 g/mol. The number of nitrogens with one attached hydrogen (secondary N) is 2. The highest BCUT2D eigenvalue weighted by Gasteiger charge is 2.48. The number of fused-ring (bicyclic) bond motifs is 2. The van der Waals surface area contributed by atoms with Crippen LogP contribution in [0.15, 0.2) is 93.7 Å². The summed E-state index contributed by atoms with van der Waals surface area (Å²) in [6, 6.07) is 5.75. The van der Waals surface area contributed by atoms with Crippen LogP contribution in [0.3, 0.4) is 0 Å². The summed E-state index contributed by atoms with van der Waals surface area (Å²) < 4.78 is 11.8. The molecule has 170 valence electrons. The van der Waals surface area contributed by atoms with E-state index in [0.717, 1.165) is 35.4 Å². The van der Waals surface area contributed by atoms with Gasteiger partial charge in [0.2, 0.25) is 5.91 Å². The first-order valence-corrected chi connectivity index (χ1v) is 11.1. The van der Waals surface area contributed by atoms with Crippen LogP contribution in [0.5, 0.6) is 0 Å². The first-order chi connectivity index (χ1) is 16.5. The second-order valence-electron chi connectivity index (χ2n) is 8.95. The second-order valence-corrected chi connectivity index (χ2v) is 8.95. The first-order valence-electron chi connectivity index (χ1n) is 11.1. The zero-order valence-electron chi connectivity index (χ0n) is 18.8. The molecule has 5 aliphatic rings. The van der Waals surface area contributed by atoms with Crippen molar-refractivity contribution in [1.29, 1.82) is 0 Å². The van der Waals surface area contributed by atoms with Crippen LogP contribution in [0, 0.1) is 0 Å². The number of amidine groups is 1. The lowest BCUT2D eigenvalue weighted by molar-refractivity contribution is -0.768. The number of aliphatic imine (C=N–C) groups is 2. The van der Waals surface area contributed by atoms with Gasteiger partial charge in [0.1, 0.15) is 12.5 Å². The van der Waals surface area contributed by atoms with Gasteiger partial charge in [-0.25, -0.2) is 0 Å². The zero-order valence-corrected chi connectivity index (χ0v) is 18.8. The Bertz CT molecular complexity index is 1360. The van der Waals surface area contributed by atoms with Crippen LogP contribution in [0.25, 0.3) is 0 Å². The van der Waals surface area contributed by atoms with Crippen molar-refractivity contribution in [3.05, 3.63) is 84.1 Å². The van der Waals surface area contributed by atoms with E-state index in [9.17, 15) is 4.79 Å². The fraction of sp³-hybridized carbons (Fsp3) is 0.200. The fourth-order valence-electron chi connectivity index (χ4n) is 4.38. The molecule has 4 heterocycles. The molecule has 34 heavy (non-hydrogen) atoms. The largest absolute Gasteiger partial charge is 0.459 e. The van der Waals surface area contributed by atoms with E-state index >= 15 is 0 Å². The predicted octanol–water partition coefficient (Wildman–Crippen LogP) is 4.35. The molecule has 1 amide bonds. The van der Waals surface area contributed by atoms with Crippen LogP contribution < -0.4 is 10.6 Å². The summed E-state index contributed by atoms with van der Waals surface area (Å²) in [5.74, 6) is 2.04. The van der Waals surface area contributed by atoms with Gasteiger partial charge in [0.15, 0.2) is 18.2 Å². The number of amides is 1. The van der Waals surface area contributed by atoms with Crippen molar-refractivity contribution in [1.82, 2.24) is 0 Å². The number of carbonyl (C=O) groups is 1. The van der Waals surface area contributed by atoms with E-state index in [-0.39, 0.29) is 10.5 Å². The van der Waals surface area contributed by atoms with E-state index in [0.29, 0.717) is 23.4 Å². The number of hydrogen-bond acceptors (Lipinski definition) is 7. The molecule has 0 fully saturated rings. The fourth-order valence-corrected chi connectivity index (χ4v) is 4.38. The Balaban J connectivity index is 1.29. The zero-order chi connectivity index (χ0) is 23.3. The van der Waals surface area contributed by atoms with Crippen LogP contribution in [0.1, 0.15) is 32.3 Å². The molecule has 6 rings (SSSR count). The van der Waals surface area contributed by atoms with E-state index in [1.807, 2.05) is 44.2 Å². The van der Waals surface area contributed by atoms with Crippen LogP contribution in [0.2, 0.25) is 0 Å². The quantitative estimate of drug-likeness (QED) is 0.663. The van der Waals surface area contributed by atoms with Gasteiger partial charge in [0.25, 0.3) is 11.8 Å². The van der Waals surface area contributed by atoms with Gasteiger partial charge in [-0.2, -0.15) is 4.99 Å². The normalized spacial score (nSPS) is 25.6. The number of anilines is 2. The van der Waals surface area contributed by atoms with Crippen LogP contribution in [-0.4, -0.2) is 28.5 Å². The molecular formula is C25H23N6O3+. The topological polar surface area (TPSA) is 96.7 Å². The molecule has 1 aliphatic carbocycles. The molecule has 9 nitrogen and oxygen atoms in total. The number of guanidine groups is 1. The number of hydrogen-bond donors (Lipinski definition) is 2. The first kappa shape index (κ1) is 20.4. The van der Waals surface area contributed by atoms with Crippen molar-refractivity contribution < 1.29 is 18.9 Å². The number of carbonyl (C=O) groups excluding carboxylic acids is 1. The maximum absolute atomic E-state index is 12.3. The highest BCUT2D eigenvalue weighted by molar-refractivity contribution is 6.31. The summed E-state index contributed by atoms with van der Waals surface area (Å²) in [7, 11) is 0. The van der Waals surface area contributed by atoms with Gasteiger partial charge in [0, 0.05) is 11.4 Å². The Morgan fingerprint density at radius 2 is 2.15 bits per heavy atom. The Labute approximate surface area is 196 Å². The van der Waals surface area contributed by atoms with Gasteiger partial charge < -0.3 is 20.1 Å². The summed E-state index contributed by atoms with van der Waals surface area (Å²) in [5, 5.41) is 11.0. The minimum atomic E-state index is -0.560. The average Bonchev–Trinajstić information content (AvgIpc) is 3.34. The number of ether oxygens (including phenoxy) is 2. The van der Waals surface area contributed by atoms with Gasteiger partial charge in [0.05, 0.1) is 11.6 Å². The van der Waals surface area contributed by atoms with Crippen molar-refractivity contribution in [3.8, 4) is 0 Å². The number of quaternary nitrogens is 1. The van der Waals surface area contributed by atoms with Crippen LogP contribution >= 0.6 is 0 Å². The summed E-state index contributed by atoms with van der Waals surface area (Å²) in [6.45, 7) is 3.82. The van der Waals surface area contributed by atoms with E-state index in [1.54, 1.807) is 24.9 Å². The molecule has 2 N–H and O–H groups in total. The highest BCUT2D eigenvalue weighted by Crippen LogP contribution is 2.39. The summed E-state index contributed by atoms with van der Waals surface area (Å²) >= 11 is 0. The maximum Gasteiger partial charge on any atom is 0.372 e. The number of allylic oxidation sites excluding steroid dienone is 4. The molecule has 0 spiro atoms. The third kappa shape index (κ3) is 3.12. The van der Waals surface area contributed by atoms with Crippen molar-refractivity contribution in [2.24, 2.45) is 15.1 Å². The van der Waals surface area contributed by atoms with Crippen LogP contribution in [0.4, 0.5) is 11.4 Å². The van der Waals surface area contributed by atoms with E-state index < -0.39 is 5.41 Å². The molecule has 4 aliphatic heterocycles. The number of benzene rings is 1. The highest BCUT2D eigenvalue weighted by atomic mass is 16.6. The lowest BCUT2D eigenvalue weighted by atomic mass is 9.86. The van der Waals surface area contributed by atoms with E-state index in [4.69, 9.17) is 14.6 Å². The molecule has 0 aromatic heterocycles. The molecule has 9 heteroatoms.